The third kappa shape index (κ3) is 3.93. The third-order valence-electron chi connectivity index (χ3n) is 3.19. The smallest absolute Gasteiger partial charge is 0.410 e. The Labute approximate surface area is 123 Å². The van der Waals surface area contributed by atoms with E-state index < -0.39 is 11.5 Å². The summed E-state index contributed by atoms with van der Waals surface area (Å²) < 4.78 is 6.94. The first kappa shape index (κ1) is 15.3. The van der Waals surface area contributed by atoms with Crippen molar-refractivity contribution in [3.8, 4) is 0 Å². The lowest BCUT2D eigenvalue weighted by molar-refractivity contribution is 0.0211. The molecule has 1 aliphatic rings. The maximum atomic E-state index is 12.2. The third-order valence-corrected chi connectivity index (χ3v) is 3.19. The Kier molecular flexibility index (Phi) is 4.15. The van der Waals surface area contributed by atoms with Crippen LogP contribution in [0.1, 0.15) is 44.1 Å². The van der Waals surface area contributed by atoms with Crippen molar-refractivity contribution in [3.63, 3.8) is 0 Å². The fourth-order valence-electron chi connectivity index (χ4n) is 2.30. The van der Waals surface area contributed by atoms with Crippen molar-refractivity contribution >= 4 is 12.0 Å². The van der Waals surface area contributed by atoms with Gasteiger partial charge in [-0.25, -0.2) is 9.48 Å². The average molecular weight is 295 g/mol. The zero-order valence-electron chi connectivity index (χ0n) is 12.6. The molecule has 0 spiro atoms. The topological polar surface area (TPSA) is 103 Å². The van der Waals surface area contributed by atoms with E-state index in [1.807, 2.05) is 20.8 Å². The van der Waals surface area contributed by atoms with Crippen LogP contribution in [-0.4, -0.2) is 50.1 Å². The zero-order chi connectivity index (χ0) is 15.6. The SMILES string of the molecule is CC(C)(C)OC(=O)N1CCC[C@@H]1Cn1cc(C(N)=O)nn1. The molecule has 1 aliphatic heterocycles. The summed E-state index contributed by atoms with van der Waals surface area (Å²) in [6, 6.07) is -0.0118. The Balaban J connectivity index is 2.01. The number of carbonyl (C=O) groups is 2. The van der Waals surface area contributed by atoms with E-state index in [0.717, 1.165) is 12.8 Å². The second-order valence-corrected chi connectivity index (χ2v) is 6.16. The summed E-state index contributed by atoms with van der Waals surface area (Å²) in [6.45, 7) is 6.65. The van der Waals surface area contributed by atoms with Crippen LogP contribution in [0.3, 0.4) is 0 Å². The van der Waals surface area contributed by atoms with Gasteiger partial charge >= 0.3 is 6.09 Å². The van der Waals surface area contributed by atoms with Gasteiger partial charge in [-0.1, -0.05) is 5.21 Å². The first-order valence-corrected chi connectivity index (χ1v) is 6.96. The first-order chi connectivity index (χ1) is 9.76. The molecule has 0 unspecified atom stereocenters. The highest BCUT2D eigenvalue weighted by molar-refractivity contribution is 5.90. The van der Waals surface area contributed by atoms with Crippen LogP contribution in [-0.2, 0) is 11.3 Å². The molecule has 0 aromatic carbocycles. The number of hydrogen-bond donors (Lipinski definition) is 1. The molecule has 1 saturated heterocycles. The molecule has 8 heteroatoms. The van der Waals surface area contributed by atoms with E-state index in [-0.39, 0.29) is 17.8 Å². The average Bonchev–Trinajstić information content (AvgIpc) is 2.96. The molecule has 1 aromatic heterocycles. The summed E-state index contributed by atoms with van der Waals surface area (Å²) in [6.07, 6.45) is 2.96. The number of rotatable bonds is 3. The molecule has 21 heavy (non-hydrogen) atoms. The molecule has 1 fully saturated rings. The number of primary amides is 1. The second kappa shape index (κ2) is 5.71. The van der Waals surface area contributed by atoms with Gasteiger partial charge < -0.3 is 15.4 Å². The fraction of sp³-hybridized carbons (Fsp3) is 0.692. The zero-order valence-corrected chi connectivity index (χ0v) is 12.6. The van der Waals surface area contributed by atoms with Crippen LogP contribution in [0.2, 0.25) is 0 Å². The monoisotopic (exact) mass is 295 g/mol. The van der Waals surface area contributed by atoms with Crippen LogP contribution < -0.4 is 5.73 Å². The van der Waals surface area contributed by atoms with Crippen molar-refractivity contribution in [1.29, 1.82) is 0 Å². The van der Waals surface area contributed by atoms with Gasteiger partial charge in [-0.05, 0) is 33.6 Å². The lowest BCUT2D eigenvalue weighted by Crippen LogP contribution is -2.41. The Morgan fingerprint density at radius 1 is 1.48 bits per heavy atom. The van der Waals surface area contributed by atoms with E-state index in [9.17, 15) is 9.59 Å². The minimum Gasteiger partial charge on any atom is -0.444 e. The molecule has 2 amide bonds. The van der Waals surface area contributed by atoms with E-state index in [4.69, 9.17) is 10.5 Å². The number of nitrogens with zero attached hydrogens (tertiary/aromatic N) is 4. The Morgan fingerprint density at radius 3 is 2.76 bits per heavy atom. The van der Waals surface area contributed by atoms with Gasteiger partial charge in [-0.15, -0.1) is 5.10 Å². The lowest BCUT2D eigenvalue weighted by Gasteiger charge is -2.28. The van der Waals surface area contributed by atoms with Gasteiger partial charge in [0.2, 0.25) is 0 Å². The highest BCUT2D eigenvalue weighted by Gasteiger charge is 2.32. The molecule has 116 valence electrons. The minimum atomic E-state index is -0.614. The molecular weight excluding hydrogens is 274 g/mol. The molecule has 0 aliphatic carbocycles. The lowest BCUT2D eigenvalue weighted by atomic mass is 10.2. The van der Waals surface area contributed by atoms with Crippen LogP contribution in [0.15, 0.2) is 6.20 Å². The second-order valence-electron chi connectivity index (χ2n) is 6.16. The van der Waals surface area contributed by atoms with Gasteiger partial charge in [0, 0.05) is 6.54 Å². The minimum absolute atomic E-state index is 0.0118. The van der Waals surface area contributed by atoms with E-state index in [2.05, 4.69) is 10.3 Å². The fourth-order valence-corrected chi connectivity index (χ4v) is 2.30. The van der Waals surface area contributed by atoms with Gasteiger partial charge in [-0.3, -0.25) is 4.79 Å². The summed E-state index contributed by atoms with van der Waals surface area (Å²) >= 11 is 0. The number of amides is 2. The van der Waals surface area contributed by atoms with Crippen molar-refractivity contribution in [1.82, 2.24) is 19.9 Å². The van der Waals surface area contributed by atoms with E-state index >= 15 is 0 Å². The Morgan fingerprint density at radius 2 is 2.19 bits per heavy atom. The van der Waals surface area contributed by atoms with Crippen molar-refractivity contribution in [2.75, 3.05) is 6.54 Å². The van der Waals surface area contributed by atoms with Gasteiger partial charge in [0.05, 0.1) is 18.8 Å². The van der Waals surface area contributed by atoms with E-state index in [1.165, 1.54) is 10.9 Å². The van der Waals surface area contributed by atoms with Crippen molar-refractivity contribution in [2.24, 2.45) is 5.73 Å². The summed E-state index contributed by atoms with van der Waals surface area (Å²) in [5.74, 6) is -0.614. The van der Waals surface area contributed by atoms with Crippen molar-refractivity contribution < 1.29 is 14.3 Å². The number of ether oxygens (including phenoxy) is 1. The number of aromatic nitrogens is 3. The first-order valence-electron chi connectivity index (χ1n) is 6.96. The molecule has 2 heterocycles. The predicted molar refractivity (Wildman–Crippen MR) is 74.5 cm³/mol. The van der Waals surface area contributed by atoms with Gasteiger partial charge in [0.1, 0.15) is 5.60 Å². The molecule has 1 atom stereocenters. The quantitative estimate of drug-likeness (QED) is 0.887. The highest BCUT2D eigenvalue weighted by Crippen LogP contribution is 2.21. The number of nitrogens with two attached hydrogens (primary N) is 1. The molecule has 0 saturated carbocycles. The molecule has 2 rings (SSSR count). The predicted octanol–water partition coefficient (Wildman–Crippen LogP) is 0.776. The van der Waals surface area contributed by atoms with Crippen LogP contribution in [0.4, 0.5) is 4.79 Å². The van der Waals surface area contributed by atoms with E-state index in [0.29, 0.717) is 13.1 Å². The molecule has 1 aromatic rings. The Bertz CT molecular complexity index is 534. The van der Waals surface area contributed by atoms with Gasteiger partial charge in [0.15, 0.2) is 5.69 Å². The summed E-state index contributed by atoms with van der Waals surface area (Å²) in [4.78, 5) is 24.9. The van der Waals surface area contributed by atoms with Crippen LogP contribution in [0.5, 0.6) is 0 Å². The Hall–Kier alpha value is -2.12. The summed E-state index contributed by atoms with van der Waals surface area (Å²) in [5, 5.41) is 7.55. The van der Waals surface area contributed by atoms with Crippen molar-refractivity contribution in [3.05, 3.63) is 11.9 Å². The standard InChI is InChI=1S/C13H21N5O3/c1-13(2,3)21-12(20)18-6-4-5-9(18)7-17-8-10(11(14)19)15-16-17/h8-9H,4-7H2,1-3H3,(H2,14,19)/t9-/m1/s1. The van der Waals surface area contributed by atoms with E-state index in [1.54, 1.807) is 4.90 Å². The maximum absolute atomic E-state index is 12.2. The summed E-state index contributed by atoms with van der Waals surface area (Å²) in [7, 11) is 0. The largest absolute Gasteiger partial charge is 0.444 e. The highest BCUT2D eigenvalue weighted by atomic mass is 16.6. The van der Waals surface area contributed by atoms with Gasteiger partial charge in [-0.2, -0.15) is 0 Å². The molecule has 0 bridgehead atoms. The molecule has 8 nitrogen and oxygen atoms in total. The number of carbonyl (C=O) groups excluding carboxylic acids is 2. The van der Waals surface area contributed by atoms with Crippen LogP contribution in [0, 0.1) is 0 Å². The molecule has 2 N–H and O–H groups in total. The summed E-state index contributed by atoms with van der Waals surface area (Å²) in [5.41, 5.74) is 4.75. The maximum Gasteiger partial charge on any atom is 0.410 e. The normalized spacial score (nSPS) is 18.8. The number of likely N-dealkylation sites (tertiary alicyclic amines) is 1. The molecule has 0 radical (unpaired) electrons. The van der Waals surface area contributed by atoms with Crippen molar-refractivity contribution in [2.45, 2.75) is 51.8 Å². The molecular formula is C13H21N5O3. The van der Waals surface area contributed by atoms with Crippen LogP contribution in [0.25, 0.3) is 0 Å². The van der Waals surface area contributed by atoms with Crippen LogP contribution >= 0.6 is 0 Å². The number of hydrogen-bond acceptors (Lipinski definition) is 5. The van der Waals surface area contributed by atoms with Gasteiger partial charge in [0.25, 0.3) is 5.91 Å².